The number of pyridine rings is 1. The number of aromatic nitrogens is 1. The molecule has 2 aromatic rings. The first-order chi connectivity index (χ1) is 7.08. The molecule has 0 fully saturated rings. The summed E-state index contributed by atoms with van der Waals surface area (Å²) in [7, 11) is 0. The Hall–Kier alpha value is -1.49. The molecule has 1 N–H and O–H groups in total. The van der Waals surface area contributed by atoms with E-state index in [-0.39, 0.29) is 11.1 Å². The molecule has 15 heavy (non-hydrogen) atoms. The van der Waals surface area contributed by atoms with Gasteiger partial charge in [-0.2, -0.15) is 0 Å². The van der Waals surface area contributed by atoms with Crippen LogP contribution in [0.4, 0.5) is 4.39 Å². The SMILES string of the molecule is O=C(O)c1cnc2c(F)cc(Br)cc2c1. The van der Waals surface area contributed by atoms with Gasteiger partial charge in [-0.05, 0) is 18.2 Å². The monoisotopic (exact) mass is 269 g/mol. The van der Waals surface area contributed by atoms with Gasteiger partial charge in [0.25, 0.3) is 0 Å². The molecule has 0 aliphatic carbocycles. The fourth-order valence-electron chi connectivity index (χ4n) is 1.29. The van der Waals surface area contributed by atoms with E-state index in [1.54, 1.807) is 6.07 Å². The molecule has 0 bridgehead atoms. The summed E-state index contributed by atoms with van der Waals surface area (Å²) >= 11 is 3.13. The number of carboxylic acid groups (broad SMARTS) is 1. The zero-order valence-corrected chi connectivity index (χ0v) is 8.95. The van der Waals surface area contributed by atoms with Crippen molar-refractivity contribution in [3.05, 3.63) is 40.2 Å². The number of benzene rings is 1. The minimum absolute atomic E-state index is 0.0417. The number of hydrogen-bond acceptors (Lipinski definition) is 2. The maximum atomic E-state index is 13.3. The van der Waals surface area contributed by atoms with Gasteiger partial charge in [0.05, 0.1) is 5.56 Å². The molecule has 5 heteroatoms. The van der Waals surface area contributed by atoms with Crippen molar-refractivity contribution >= 4 is 32.8 Å². The van der Waals surface area contributed by atoms with Crippen LogP contribution in [0.25, 0.3) is 10.9 Å². The van der Waals surface area contributed by atoms with Gasteiger partial charge in [0, 0.05) is 16.1 Å². The molecule has 2 rings (SSSR count). The van der Waals surface area contributed by atoms with Crippen molar-refractivity contribution in [2.75, 3.05) is 0 Å². The van der Waals surface area contributed by atoms with E-state index in [0.29, 0.717) is 9.86 Å². The number of carboxylic acids is 1. The summed E-state index contributed by atoms with van der Waals surface area (Å²) in [5.74, 6) is -1.55. The second kappa shape index (κ2) is 3.58. The lowest BCUT2D eigenvalue weighted by Gasteiger charge is -2.01. The van der Waals surface area contributed by atoms with Gasteiger partial charge in [-0.15, -0.1) is 0 Å². The smallest absolute Gasteiger partial charge is 0.337 e. The number of halogens is 2. The molecule has 1 heterocycles. The molecule has 0 aliphatic heterocycles. The predicted molar refractivity (Wildman–Crippen MR) is 56.4 cm³/mol. The van der Waals surface area contributed by atoms with Crippen LogP contribution >= 0.6 is 15.9 Å². The second-order valence-electron chi connectivity index (χ2n) is 2.99. The normalized spacial score (nSPS) is 10.5. The molecule has 1 aromatic carbocycles. The molecule has 0 saturated carbocycles. The Balaban J connectivity index is 2.76. The largest absolute Gasteiger partial charge is 0.478 e. The number of carbonyl (C=O) groups is 1. The molecule has 76 valence electrons. The van der Waals surface area contributed by atoms with Crippen molar-refractivity contribution in [3.63, 3.8) is 0 Å². The maximum Gasteiger partial charge on any atom is 0.337 e. The van der Waals surface area contributed by atoms with E-state index in [1.807, 2.05) is 0 Å². The Morgan fingerprint density at radius 1 is 1.40 bits per heavy atom. The van der Waals surface area contributed by atoms with E-state index in [1.165, 1.54) is 12.1 Å². The molecule has 0 atom stereocenters. The molecule has 0 unspecified atom stereocenters. The highest BCUT2D eigenvalue weighted by molar-refractivity contribution is 9.10. The van der Waals surface area contributed by atoms with Gasteiger partial charge in [-0.1, -0.05) is 15.9 Å². The van der Waals surface area contributed by atoms with Crippen LogP contribution in [0.1, 0.15) is 10.4 Å². The molecule has 0 radical (unpaired) electrons. The third-order valence-electron chi connectivity index (χ3n) is 1.95. The lowest BCUT2D eigenvalue weighted by atomic mass is 10.1. The lowest BCUT2D eigenvalue weighted by Crippen LogP contribution is -1.97. The van der Waals surface area contributed by atoms with Gasteiger partial charge >= 0.3 is 5.97 Å². The molecular weight excluding hydrogens is 265 g/mol. The van der Waals surface area contributed by atoms with Crippen molar-refractivity contribution in [2.24, 2.45) is 0 Å². The summed E-state index contributed by atoms with van der Waals surface area (Å²) in [4.78, 5) is 14.4. The van der Waals surface area contributed by atoms with Crippen LogP contribution in [-0.4, -0.2) is 16.1 Å². The zero-order valence-electron chi connectivity index (χ0n) is 7.37. The fraction of sp³-hybridized carbons (Fsp3) is 0. The van der Waals surface area contributed by atoms with E-state index in [4.69, 9.17) is 5.11 Å². The summed E-state index contributed by atoms with van der Waals surface area (Å²) in [6.45, 7) is 0. The zero-order chi connectivity index (χ0) is 11.0. The van der Waals surface area contributed by atoms with E-state index < -0.39 is 11.8 Å². The van der Waals surface area contributed by atoms with Gasteiger partial charge in [-0.25, -0.2) is 9.18 Å². The third-order valence-corrected chi connectivity index (χ3v) is 2.41. The van der Waals surface area contributed by atoms with Crippen LogP contribution in [0.3, 0.4) is 0 Å². The average Bonchev–Trinajstić information content (AvgIpc) is 2.16. The molecule has 0 saturated heterocycles. The quantitative estimate of drug-likeness (QED) is 0.866. The lowest BCUT2D eigenvalue weighted by molar-refractivity contribution is 0.0696. The highest BCUT2D eigenvalue weighted by Gasteiger charge is 2.08. The minimum atomic E-state index is -1.08. The Bertz CT molecular complexity index is 556. The first kappa shape index (κ1) is 10.0. The summed E-state index contributed by atoms with van der Waals surface area (Å²) in [5, 5.41) is 9.20. The van der Waals surface area contributed by atoms with E-state index in [9.17, 15) is 9.18 Å². The minimum Gasteiger partial charge on any atom is -0.478 e. The van der Waals surface area contributed by atoms with E-state index in [2.05, 4.69) is 20.9 Å². The van der Waals surface area contributed by atoms with Gasteiger partial charge in [0.2, 0.25) is 0 Å². The molecule has 0 amide bonds. The first-order valence-electron chi connectivity index (χ1n) is 4.06. The Morgan fingerprint density at radius 3 is 2.80 bits per heavy atom. The van der Waals surface area contributed by atoms with Crippen molar-refractivity contribution in [2.45, 2.75) is 0 Å². The standard InChI is InChI=1S/C10H5BrFNO2/c11-7-2-5-1-6(10(14)15)4-13-9(5)8(12)3-7/h1-4H,(H,14,15). The number of hydrogen-bond donors (Lipinski definition) is 1. The number of aromatic carboxylic acids is 1. The highest BCUT2D eigenvalue weighted by atomic mass is 79.9. The third kappa shape index (κ3) is 1.83. The van der Waals surface area contributed by atoms with E-state index >= 15 is 0 Å². The molecule has 0 aliphatic rings. The predicted octanol–water partition coefficient (Wildman–Crippen LogP) is 2.83. The van der Waals surface area contributed by atoms with Crippen LogP contribution in [0.15, 0.2) is 28.9 Å². The van der Waals surface area contributed by atoms with Gasteiger partial charge in [-0.3, -0.25) is 4.98 Å². The summed E-state index contributed by atoms with van der Waals surface area (Å²) in [6, 6.07) is 4.30. The van der Waals surface area contributed by atoms with Crippen LogP contribution in [-0.2, 0) is 0 Å². The average molecular weight is 270 g/mol. The van der Waals surface area contributed by atoms with Crippen molar-refractivity contribution in [3.8, 4) is 0 Å². The van der Waals surface area contributed by atoms with Crippen LogP contribution in [0.2, 0.25) is 0 Å². The number of rotatable bonds is 1. The Kier molecular flexibility index (Phi) is 2.40. The highest BCUT2D eigenvalue weighted by Crippen LogP contribution is 2.22. The van der Waals surface area contributed by atoms with Gasteiger partial charge < -0.3 is 5.11 Å². The molecular formula is C10H5BrFNO2. The first-order valence-corrected chi connectivity index (χ1v) is 4.85. The van der Waals surface area contributed by atoms with Crippen LogP contribution < -0.4 is 0 Å². The Morgan fingerprint density at radius 2 is 2.13 bits per heavy atom. The van der Waals surface area contributed by atoms with Gasteiger partial charge in [0.1, 0.15) is 5.52 Å². The van der Waals surface area contributed by atoms with Crippen LogP contribution in [0, 0.1) is 5.82 Å². The van der Waals surface area contributed by atoms with Crippen molar-refractivity contribution < 1.29 is 14.3 Å². The second-order valence-corrected chi connectivity index (χ2v) is 3.90. The summed E-state index contributed by atoms with van der Waals surface area (Å²) < 4.78 is 13.9. The topological polar surface area (TPSA) is 50.2 Å². The van der Waals surface area contributed by atoms with Crippen molar-refractivity contribution in [1.82, 2.24) is 4.98 Å². The molecule has 1 aromatic heterocycles. The summed E-state index contributed by atoms with van der Waals surface area (Å²) in [6.07, 6.45) is 1.14. The van der Waals surface area contributed by atoms with E-state index in [0.717, 1.165) is 6.20 Å². The molecule has 0 spiro atoms. The number of fused-ring (bicyclic) bond motifs is 1. The molecule has 3 nitrogen and oxygen atoms in total. The van der Waals surface area contributed by atoms with Gasteiger partial charge in [0.15, 0.2) is 5.82 Å². The summed E-state index contributed by atoms with van der Waals surface area (Å²) in [5.41, 5.74) is 0.211. The van der Waals surface area contributed by atoms with Crippen LogP contribution in [0.5, 0.6) is 0 Å². The number of nitrogens with zero attached hydrogens (tertiary/aromatic N) is 1. The Labute approximate surface area is 92.7 Å². The fourth-order valence-corrected chi connectivity index (χ4v) is 1.74. The maximum absolute atomic E-state index is 13.3. The van der Waals surface area contributed by atoms with Crippen molar-refractivity contribution in [1.29, 1.82) is 0 Å².